The van der Waals surface area contributed by atoms with Gasteiger partial charge in [-0.3, -0.25) is 4.79 Å². The molecule has 0 unspecified atom stereocenters. The average Bonchev–Trinajstić information content (AvgIpc) is 2.94. The SMILES string of the molecule is Cc1cc(S(=O)(=O)N2CCN(C(=O)c3ccccc3F)CC2)c(C)s1. The third-order valence-electron chi connectivity index (χ3n) is 4.24. The predicted molar refractivity (Wildman–Crippen MR) is 94.9 cm³/mol. The van der Waals surface area contributed by atoms with Crippen molar-refractivity contribution in [3.8, 4) is 0 Å². The highest BCUT2D eigenvalue weighted by molar-refractivity contribution is 7.89. The molecule has 8 heteroatoms. The number of amides is 1. The van der Waals surface area contributed by atoms with Gasteiger partial charge in [0.05, 0.1) is 10.5 Å². The lowest BCUT2D eigenvalue weighted by molar-refractivity contribution is 0.0693. The zero-order valence-electron chi connectivity index (χ0n) is 14.0. The summed E-state index contributed by atoms with van der Waals surface area (Å²) in [4.78, 5) is 16.0. The highest BCUT2D eigenvalue weighted by atomic mass is 32.2. The second-order valence-corrected chi connectivity index (χ2v) is 9.32. The number of hydrogen-bond donors (Lipinski definition) is 0. The number of carbonyl (C=O) groups excluding carboxylic acids is 1. The number of nitrogens with zero attached hydrogens (tertiary/aromatic N) is 2. The molecule has 5 nitrogen and oxygen atoms in total. The number of aryl methyl sites for hydroxylation is 2. The molecule has 1 saturated heterocycles. The van der Waals surface area contributed by atoms with Crippen LogP contribution in [0, 0.1) is 19.7 Å². The lowest BCUT2D eigenvalue weighted by Crippen LogP contribution is -2.50. The third kappa shape index (κ3) is 3.47. The number of halogens is 1. The highest BCUT2D eigenvalue weighted by Crippen LogP contribution is 2.28. The van der Waals surface area contributed by atoms with Gasteiger partial charge in [0.25, 0.3) is 5.91 Å². The van der Waals surface area contributed by atoms with Gasteiger partial charge in [0.15, 0.2) is 0 Å². The average molecular weight is 382 g/mol. The summed E-state index contributed by atoms with van der Waals surface area (Å²) in [5, 5.41) is 0. The van der Waals surface area contributed by atoms with E-state index in [1.165, 1.54) is 38.7 Å². The van der Waals surface area contributed by atoms with Crippen molar-refractivity contribution in [1.82, 2.24) is 9.21 Å². The van der Waals surface area contributed by atoms with Gasteiger partial charge in [-0.05, 0) is 32.0 Å². The lowest BCUT2D eigenvalue weighted by Gasteiger charge is -2.34. The summed E-state index contributed by atoms with van der Waals surface area (Å²) in [6, 6.07) is 7.51. The first-order chi connectivity index (χ1) is 11.8. The van der Waals surface area contributed by atoms with Gasteiger partial charge in [-0.1, -0.05) is 12.1 Å². The first-order valence-electron chi connectivity index (χ1n) is 7.91. The second-order valence-electron chi connectivity index (χ2n) is 5.95. The molecular weight excluding hydrogens is 363 g/mol. The topological polar surface area (TPSA) is 57.7 Å². The van der Waals surface area contributed by atoms with Crippen LogP contribution in [0.3, 0.4) is 0 Å². The molecule has 1 fully saturated rings. The van der Waals surface area contributed by atoms with E-state index in [2.05, 4.69) is 0 Å². The number of piperazine rings is 1. The Bertz CT molecular complexity index is 900. The highest BCUT2D eigenvalue weighted by Gasteiger charge is 2.32. The predicted octanol–water partition coefficient (Wildman–Crippen LogP) is 2.65. The van der Waals surface area contributed by atoms with Crippen LogP contribution < -0.4 is 0 Å². The molecule has 2 aromatic rings. The third-order valence-corrected chi connectivity index (χ3v) is 7.36. The molecule has 0 atom stereocenters. The maximum Gasteiger partial charge on any atom is 0.256 e. The van der Waals surface area contributed by atoms with Crippen LogP contribution in [0.5, 0.6) is 0 Å². The van der Waals surface area contributed by atoms with Crippen LogP contribution in [0.4, 0.5) is 4.39 Å². The summed E-state index contributed by atoms with van der Waals surface area (Å²) in [5.41, 5.74) is 0.0168. The Kier molecular flexibility index (Phi) is 4.95. The molecule has 1 aromatic heterocycles. The summed E-state index contributed by atoms with van der Waals surface area (Å²) < 4.78 is 40.8. The fourth-order valence-corrected chi connectivity index (χ4v) is 5.89. The van der Waals surface area contributed by atoms with Gasteiger partial charge < -0.3 is 4.90 Å². The fraction of sp³-hybridized carbons (Fsp3) is 0.353. The molecule has 0 spiro atoms. The summed E-state index contributed by atoms with van der Waals surface area (Å²) in [5.74, 6) is -0.968. The van der Waals surface area contributed by atoms with E-state index in [9.17, 15) is 17.6 Å². The molecule has 1 amide bonds. The number of thiophene rings is 1. The van der Waals surface area contributed by atoms with Gasteiger partial charge in [0.2, 0.25) is 10.0 Å². The number of carbonyl (C=O) groups is 1. The number of benzene rings is 1. The van der Waals surface area contributed by atoms with E-state index in [0.29, 0.717) is 4.90 Å². The maximum absolute atomic E-state index is 13.8. The molecule has 0 radical (unpaired) electrons. The Hall–Kier alpha value is -1.77. The van der Waals surface area contributed by atoms with E-state index < -0.39 is 21.7 Å². The van der Waals surface area contributed by atoms with Crippen LogP contribution in [0.15, 0.2) is 35.2 Å². The van der Waals surface area contributed by atoms with Crippen molar-refractivity contribution in [2.75, 3.05) is 26.2 Å². The van der Waals surface area contributed by atoms with E-state index in [4.69, 9.17) is 0 Å². The van der Waals surface area contributed by atoms with Crippen LogP contribution in [0.25, 0.3) is 0 Å². The molecular formula is C17H19FN2O3S2. The standard InChI is InChI=1S/C17H19FN2O3S2/c1-12-11-16(13(2)24-12)25(22,23)20-9-7-19(8-10-20)17(21)14-5-3-4-6-15(14)18/h3-6,11H,7-10H2,1-2H3. The Morgan fingerprint density at radius 1 is 1.12 bits per heavy atom. The second kappa shape index (κ2) is 6.86. The quantitative estimate of drug-likeness (QED) is 0.820. The maximum atomic E-state index is 13.8. The van der Waals surface area contributed by atoms with Gasteiger partial charge in [-0.25, -0.2) is 12.8 Å². The van der Waals surface area contributed by atoms with E-state index in [-0.39, 0.29) is 31.7 Å². The Labute approximate surface area is 150 Å². The smallest absolute Gasteiger partial charge is 0.256 e. The molecule has 0 N–H and O–H groups in total. The van der Waals surface area contributed by atoms with Crippen molar-refractivity contribution < 1.29 is 17.6 Å². The first-order valence-corrected chi connectivity index (χ1v) is 10.2. The molecule has 2 heterocycles. The number of hydrogen-bond acceptors (Lipinski definition) is 4. The monoisotopic (exact) mass is 382 g/mol. The zero-order valence-corrected chi connectivity index (χ0v) is 15.7. The minimum absolute atomic E-state index is 0.0168. The lowest BCUT2D eigenvalue weighted by atomic mass is 10.1. The van der Waals surface area contributed by atoms with Crippen LogP contribution >= 0.6 is 11.3 Å². The first kappa shape index (κ1) is 18.0. The van der Waals surface area contributed by atoms with Gasteiger partial charge in [-0.2, -0.15) is 4.31 Å². The molecule has 0 bridgehead atoms. The van der Waals surface area contributed by atoms with Crippen molar-refractivity contribution in [1.29, 1.82) is 0 Å². The summed E-state index contributed by atoms with van der Waals surface area (Å²) in [6.07, 6.45) is 0. The minimum atomic E-state index is -3.56. The molecule has 3 rings (SSSR count). The molecule has 25 heavy (non-hydrogen) atoms. The van der Waals surface area contributed by atoms with Crippen molar-refractivity contribution >= 4 is 27.3 Å². The van der Waals surface area contributed by atoms with Gasteiger partial charge >= 0.3 is 0 Å². The van der Waals surface area contributed by atoms with Crippen LogP contribution in [0.1, 0.15) is 20.1 Å². The van der Waals surface area contributed by atoms with Gasteiger partial charge in [0.1, 0.15) is 5.82 Å². The number of sulfonamides is 1. The van der Waals surface area contributed by atoms with E-state index in [1.54, 1.807) is 19.1 Å². The number of rotatable bonds is 3. The molecule has 1 aromatic carbocycles. The fourth-order valence-electron chi connectivity index (χ4n) is 2.94. The molecule has 0 aliphatic carbocycles. The van der Waals surface area contributed by atoms with Crippen molar-refractivity contribution in [3.05, 3.63) is 51.5 Å². The van der Waals surface area contributed by atoms with Gasteiger partial charge in [-0.15, -0.1) is 11.3 Å². The van der Waals surface area contributed by atoms with Crippen molar-refractivity contribution in [2.45, 2.75) is 18.7 Å². The molecule has 1 aliphatic rings. The summed E-state index contributed by atoms with van der Waals surface area (Å²) in [7, 11) is -3.56. The molecule has 1 aliphatic heterocycles. The summed E-state index contributed by atoms with van der Waals surface area (Å²) in [6.45, 7) is 4.57. The Balaban J connectivity index is 1.73. The van der Waals surface area contributed by atoms with Crippen molar-refractivity contribution in [2.24, 2.45) is 0 Å². The summed E-state index contributed by atoms with van der Waals surface area (Å²) >= 11 is 1.45. The van der Waals surface area contributed by atoms with Gasteiger partial charge in [0, 0.05) is 35.9 Å². The Morgan fingerprint density at radius 3 is 2.32 bits per heavy atom. The van der Waals surface area contributed by atoms with Crippen LogP contribution in [-0.2, 0) is 10.0 Å². The zero-order chi connectivity index (χ0) is 18.2. The van der Waals surface area contributed by atoms with Crippen LogP contribution in [0.2, 0.25) is 0 Å². The molecule has 134 valence electrons. The minimum Gasteiger partial charge on any atom is -0.336 e. The molecule has 0 saturated carbocycles. The van der Waals surface area contributed by atoms with E-state index in [1.807, 2.05) is 6.92 Å². The normalized spacial score (nSPS) is 16.2. The van der Waals surface area contributed by atoms with E-state index >= 15 is 0 Å². The van der Waals surface area contributed by atoms with Crippen molar-refractivity contribution in [3.63, 3.8) is 0 Å². The largest absolute Gasteiger partial charge is 0.336 e. The van der Waals surface area contributed by atoms with E-state index in [0.717, 1.165) is 9.75 Å². The van der Waals surface area contributed by atoms with Crippen LogP contribution in [-0.4, -0.2) is 49.7 Å². The Morgan fingerprint density at radius 2 is 1.76 bits per heavy atom.